The van der Waals surface area contributed by atoms with Crippen molar-refractivity contribution in [2.45, 2.75) is 34.6 Å². The summed E-state index contributed by atoms with van der Waals surface area (Å²) in [7, 11) is 0. The lowest BCUT2D eigenvalue weighted by Gasteiger charge is -2.27. The van der Waals surface area contributed by atoms with E-state index >= 15 is 0 Å². The van der Waals surface area contributed by atoms with Crippen LogP contribution in [0.15, 0.2) is 212 Å². The summed E-state index contributed by atoms with van der Waals surface area (Å²) >= 11 is 0. The second kappa shape index (κ2) is 17.6. The predicted molar refractivity (Wildman–Crippen MR) is 247 cm³/mol. The van der Waals surface area contributed by atoms with E-state index in [0.29, 0.717) is 0 Å². The highest BCUT2D eigenvalue weighted by atomic mass is 15.1. The maximum atomic E-state index is 2.37. The van der Waals surface area contributed by atoms with Crippen LogP contribution in [0.2, 0.25) is 0 Å². The number of para-hydroxylation sites is 1. The van der Waals surface area contributed by atoms with Crippen molar-refractivity contribution in [1.29, 1.82) is 0 Å². The fourth-order valence-corrected chi connectivity index (χ4v) is 7.26. The molecule has 274 valence electrons. The van der Waals surface area contributed by atoms with Gasteiger partial charge in [0.2, 0.25) is 0 Å². The molecule has 0 saturated carbocycles. The minimum absolute atomic E-state index is 1.14. The molecule has 1 nitrogen and oxygen atoms in total. The van der Waals surface area contributed by atoms with Crippen molar-refractivity contribution >= 4 is 65.7 Å². The first-order valence-electron chi connectivity index (χ1n) is 19.4. The molecule has 9 rings (SSSR count). The minimum atomic E-state index is 1.14. The van der Waals surface area contributed by atoms with Crippen molar-refractivity contribution in [3.8, 4) is 0 Å². The Morgan fingerprint density at radius 1 is 0.393 bits per heavy atom. The van der Waals surface area contributed by atoms with Crippen molar-refractivity contribution in [3.63, 3.8) is 0 Å². The van der Waals surface area contributed by atoms with Crippen LogP contribution in [0.3, 0.4) is 0 Å². The van der Waals surface area contributed by atoms with E-state index in [2.05, 4.69) is 228 Å². The molecule has 9 aromatic carbocycles. The average molecular weight is 724 g/mol. The Kier molecular flexibility index (Phi) is 11.8. The number of benzene rings is 9. The van der Waals surface area contributed by atoms with Gasteiger partial charge in [-0.2, -0.15) is 0 Å². The average Bonchev–Trinajstić information content (AvgIpc) is 3.24. The predicted octanol–water partition coefficient (Wildman–Crippen LogP) is 16.1. The van der Waals surface area contributed by atoms with Crippen LogP contribution in [-0.4, -0.2) is 0 Å². The smallest absolute Gasteiger partial charge is 0.0546 e. The molecular weight excluding hydrogens is 675 g/mol. The van der Waals surface area contributed by atoms with Crippen molar-refractivity contribution < 1.29 is 0 Å². The van der Waals surface area contributed by atoms with Gasteiger partial charge < -0.3 is 4.90 Å². The topological polar surface area (TPSA) is 3.24 Å². The first-order chi connectivity index (χ1) is 27.4. The Balaban J connectivity index is 0.000000177. The van der Waals surface area contributed by atoms with E-state index in [1.807, 2.05) is 18.2 Å². The minimum Gasteiger partial charge on any atom is -0.310 e. The van der Waals surface area contributed by atoms with Crippen LogP contribution in [0.1, 0.15) is 37.5 Å². The van der Waals surface area contributed by atoms with Gasteiger partial charge in [-0.1, -0.05) is 187 Å². The molecular formula is C55H49N. The lowest BCUT2D eigenvalue weighted by atomic mass is 9.98. The second-order valence-electron chi connectivity index (χ2n) is 14.6. The zero-order chi connectivity index (χ0) is 38.9. The molecule has 0 bridgehead atoms. The molecule has 0 spiro atoms. The molecule has 0 aromatic heterocycles. The van der Waals surface area contributed by atoms with Crippen molar-refractivity contribution in [2.75, 3.05) is 4.90 Å². The van der Waals surface area contributed by atoms with E-state index in [9.17, 15) is 0 Å². The lowest BCUT2D eigenvalue weighted by molar-refractivity contribution is 1.30. The number of fused-ring (bicyclic) bond motifs is 6. The number of hydrogen-bond acceptors (Lipinski definition) is 1. The van der Waals surface area contributed by atoms with Gasteiger partial charge in [0.15, 0.2) is 0 Å². The molecule has 1 heteroatoms. The van der Waals surface area contributed by atoms with Crippen LogP contribution in [-0.2, 0) is 0 Å². The third-order valence-electron chi connectivity index (χ3n) is 10.2. The molecule has 9 aromatic rings. The van der Waals surface area contributed by atoms with Gasteiger partial charge in [0, 0.05) is 16.8 Å². The van der Waals surface area contributed by atoms with Crippen LogP contribution in [0.5, 0.6) is 0 Å². The first kappa shape index (κ1) is 37.6. The highest BCUT2D eigenvalue weighted by Crippen LogP contribution is 2.42. The van der Waals surface area contributed by atoms with Gasteiger partial charge in [-0.05, 0) is 119 Å². The van der Waals surface area contributed by atoms with Gasteiger partial charge in [-0.3, -0.25) is 0 Å². The van der Waals surface area contributed by atoms with E-state index in [1.165, 1.54) is 76.6 Å². The number of hydrogen-bond donors (Lipinski definition) is 0. The summed E-state index contributed by atoms with van der Waals surface area (Å²) in [4.78, 5) is 2.37. The zero-order valence-electron chi connectivity index (χ0n) is 33.1. The fourth-order valence-electron chi connectivity index (χ4n) is 7.26. The molecule has 0 saturated heterocycles. The van der Waals surface area contributed by atoms with E-state index < -0.39 is 0 Å². The Labute approximate surface area is 332 Å². The Morgan fingerprint density at radius 2 is 0.839 bits per heavy atom. The quantitative estimate of drug-likeness (QED) is 0.126. The standard InChI is InChI=1S/C33H29N.C15H12.C7H8/c1-24(2)17-18-25(3)26-19-21-29(22-20-26)34(28-12-5-4-6-13-28)33-23-27-11-7-8-14-30(27)31-15-9-10-16-32(31)33;1-11-10-12-6-2-3-8-14(12)15-9-5-4-7-13(11)15;1-7-5-3-2-4-6-7/h4-23H,1-3H3;2-10H,1H3;2-6H,1H3/b25-18+;;. The monoisotopic (exact) mass is 723 g/mol. The van der Waals surface area contributed by atoms with Crippen LogP contribution in [0, 0.1) is 13.8 Å². The van der Waals surface area contributed by atoms with E-state index in [0.717, 1.165) is 11.4 Å². The summed E-state index contributed by atoms with van der Waals surface area (Å²) in [6.07, 6.45) is 4.36. The van der Waals surface area contributed by atoms with Crippen molar-refractivity contribution in [2.24, 2.45) is 0 Å². The number of anilines is 3. The first-order valence-corrected chi connectivity index (χ1v) is 19.4. The van der Waals surface area contributed by atoms with E-state index in [4.69, 9.17) is 0 Å². The van der Waals surface area contributed by atoms with Crippen LogP contribution in [0.25, 0.3) is 48.7 Å². The van der Waals surface area contributed by atoms with Gasteiger partial charge in [-0.15, -0.1) is 0 Å². The lowest BCUT2D eigenvalue weighted by Crippen LogP contribution is -2.10. The number of rotatable bonds is 5. The van der Waals surface area contributed by atoms with Gasteiger partial charge in [0.05, 0.1) is 5.69 Å². The second-order valence-corrected chi connectivity index (χ2v) is 14.6. The van der Waals surface area contributed by atoms with Crippen LogP contribution < -0.4 is 4.90 Å². The molecule has 0 fully saturated rings. The zero-order valence-corrected chi connectivity index (χ0v) is 33.1. The summed E-state index contributed by atoms with van der Waals surface area (Å²) in [5, 5.41) is 10.4. The highest BCUT2D eigenvalue weighted by molar-refractivity contribution is 6.14. The molecule has 56 heavy (non-hydrogen) atoms. The summed E-state index contributed by atoms with van der Waals surface area (Å²) in [5.41, 5.74) is 9.94. The molecule has 0 unspecified atom stereocenters. The molecule has 0 aliphatic carbocycles. The van der Waals surface area contributed by atoms with Gasteiger partial charge in [0.1, 0.15) is 0 Å². The number of allylic oxidation sites excluding steroid dienone is 4. The Bertz CT molecular complexity index is 2770. The number of nitrogens with zero attached hydrogens (tertiary/aromatic N) is 1. The number of aryl methyl sites for hydroxylation is 2. The highest BCUT2D eigenvalue weighted by Gasteiger charge is 2.17. The maximum absolute atomic E-state index is 2.37. The SMILES string of the molecule is CC(C)=C/C=C(\C)c1ccc(N(c2ccccc2)c2cc3ccccc3c3ccccc23)cc1.Cc1cc2ccccc2c2ccccc12.Cc1ccccc1. The Morgan fingerprint density at radius 3 is 1.39 bits per heavy atom. The van der Waals surface area contributed by atoms with E-state index in [1.54, 1.807) is 0 Å². The van der Waals surface area contributed by atoms with Gasteiger partial charge in [-0.25, -0.2) is 0 Å². The fraction of sp³-hybridized carbons (Fsp3) is 0.0909. The Hall–Kier alpha value is -6.70. The molecule has 0 radical (unpaired) electrons. The summed E-state index contributed by atoms with van der Waals surface area (Å²) < 4.78 is 0. The third-order valence-corrected chi connectivity index (χ3v) is 10.2. The molecule has 0 atom stereocenters. The summed E-state index contributed by atoms with van der Waals surface area (Å²) in [6.45, 7) is 10.7. The summed E-state index contributed by atoms with van der Waals surface area (Å²) in [5.74, 6) is 0. The normalized spacial score (nSPS) is 11.1. The van der Waals surface area contributed by atoms with Crippen LogP contribution >= 0.6 is 0 Å². The van der Waals surface area contributed by atoms with Crippen molar-refractivity contribution in [1.82, 2.24) is 0 Å². The maximum Gasteiger partial charge on any atom is 0.0546 e. The molecule has 0 aliphatic rings. The third kappa shape index (κ3) is 8.65. The van der Waals surface area contributed by atoms with E-state index in [-0.39, 0.29) is 0 Å². The molecule has 0 heterocycles. The van der Waals surface area contributed by atoms with Crippen LogP contribution in [0.4, 0.5) is 17.1 Å². The molecule has 0 amide bonds. The largest absolute Gasteiger partial charge is 0.310 e. The molecule has 0 N–H and O–H groups in total. The molecule has 0 aliphatic heterocycles. The summed E-state index contributed by atoms with van der Waals surface area (Å²) in [6, 6.07) is 68.9. The van der Waals surface area contributed by atoms with Crippen molar-refractivity contribution in [3.05, 3.63) is 229 Å². The van der Waals surface area contributed by atoms with Gasteiger partial charge >= 0.3 is 0 Å². The van der Waals surface area contributed by atoms with Gasteiger partial charge in [0.25, 0.3) is 0 Å².